The lowest BCUT2D eigenvalue weighted by Gasteiger charge is -2.29. The maximum atomic E-state index is 13.4. The lowest BCUT2D eigenvalue weighted by Crippen LogP contribution is -2.35. The number of alkyl halides is 1. The van der Waals surface area contributed by atoms with E-state index >= 15 is 0 Å². The van der Waals surface area contributed by atoms with Gasteiger partial charge in [-0.25, -0.2) is 4.39 Å². The van der Waals surface area contributed by atoms with E-state index in [4.69, 9.17) is 15.2 Å². The van der Waals surface area contributed by atoms with Crippen LogP contribution in [-0.2, 0) is 14.9 Å². The smallest absolute Gasteiger partial charge is 0.309 e. The Labute approximate surface area is 125 Å². The average Bonchev–Trinajstić information content (AvgIpc) is 2.47. The van der Waals surface area contributed by atoms with E-state index in [-0.39, 0.29) is 19.4 Å². The summed E-state index contributed by atoms with van der Waals surface area (Å²) in [4.78, 5) is 11.9. The van der Waals surface area contributed by atoms with Crippen molar-refractivity contribution in [1.82, 2.24) is 0 Å². The van der Waals surface area contributed by atoms with Crippen molar-refractivity contribution in [2.24, 2.45) is 5.73 Å². The number of hydrogen-bond acceptors (Lipinski definition) is 4. The summed E-state index contributed by atoms with van der Waals surface area (Å²) >= 11 is 0. The van der Waals surface area contributed by atoms with Crippen molar-refractivity contribution in [2.45, 2.75) is 44.9 Å². The van der Waals surface area contributed by atoms with Gasteiger partial charge in [-0.3, -0.25) is 4.79 Å². The van der Waals surface area contributed by atoms with E-state index in [0.717, 1.165) is 5.56 Å². The molecular weight excluding hydrogens is 273 g/mol. The van der Waals surface area contributed by atoms with Crippen LogP contribution in [0.1, 0.15) is 38.7 Å². The number of para-hydroxylation sites is 1. The van der Waals surface area contributed by atoms with Crippen molar-refractivity contribution in [2.75, 3.05) is 13.7 Å². The van der Waals surface area contributed by atoms with Gasteiger partial charge >= 0.3 is 5.97 Å². The number of hydrogen-bond donors (Lipinski definition) is 1. The molecule has 2 N–H and O–H groups in total. The zero-order valence-electron chi connectivity index (χ0n) is 12.9. The molecule has 0 aliphatic carbocycles. The van der Waals surface area contributed by atoms with Gasteiger partial charge in [0.1, 0.15) is 5.75 Å². The largest absolute Gasteiger partial charge is 0.496 e. The van der Waals surface area contributed by atoms with E-state index in [0.29, 0.717) is 12.2 Å². The molecule has 0 fully saturated rings. The summed E-state index contributed by atoms with van der Waals surface area (Å²) in [6, 6.07) is 7.37. The molecule has 0 spiro atoms. The Morgan fingerprint density at radius 3 is 2.67 bits per heavy atom. The average molecular weight is 297 g/mol. The van der Waals surface area contributed by atoms with Crippen molar-refractivity contribution in [3.63, 3.8) is 0 Å². The van der Waals surface area contributed by atoms with Gasteiger partial charge < -0.3 is 15.2 Å². The minimum atomic E-state index is -1.55. The maximum absolute atomic E-state index is 13.4. The second-order valence-corrected chi connectivity index (χ2v) is 5.33. The predicted molar refractivity (Wildman–Crippen MR) is 79.9 cm³/mol. The quantitative estimate of drug-likeness (QED) is 0.749. The SMILES string of the molecule is CCCC(F)OC(=O)CC(C)(CN)c1ccccc1OC. The highest BCUT2D eigenvalue weighted by Crippen LogP contribution is 2.34. The van der Waals surface area contributed by atoms with Gasteiger partial charge in [0.05, 0.1) is 13.5 Å². The number of carbonyl (C=O) groups excluding carboxylic acids is 1. The summed E-state index contributed by atoms with van der Waals surface area (Å²) in [5, 5.41) is 0. The van der Waals surface area contributed by atoms with E-state index < -0.39 is 17.7 Å². The summed E-state index contributed by atoms with van der Waals surface area (Å²) in [6.07, 6.45) is -0.717. The Hall–Kier alpha value is -1.62. The molecule has 2 atom stereocenters. The first-order valence-electron chi connectivity index (χ1n) is 7.14. The van der Waals surface area contributed by atoms with E-state index in [2.05, 4.69) is 0 Å². The van der Waals surface area contributed by atoms with Crippen LogP contribution in [0.2, 0.25) is 0 Å². The molecule has 118 valence electrons. The van der Waals surface area contributed by atoms with Crippen LogP contribution in [0.15, 0.2) is 24.3 Å². The number of carbonyl (C=O) groups is 1. The van der Waals surface area contributed by atoms with Crippen LogP contribution in [0.5, 0.6) is 5.75 Å². The summed E-state index contributed by atoms with van der Waals surface area (Å²) in [5.41, 5.74) is 6.00. The molecule has 4 nitrogen and oxygen atoms in total. The molecule has 21 heavy (non-hydrogen) atoms. The van der Waals surface area contributed by atoms with Crippen LogP contribution in [0.4, 0.5) is 4.39 Å². The van der Waals surface area contributed by atoms with Gasteiger partial charge in [-0.15, -0.1) is 0 Å². The molecule has 0 aromatic heterocycles. The van der Waals surface area contributed by atoms with Gasteiger partial charge in [-0.05, 0) is 12.5 Å². The van der Waals surface area contributed by atoms with Crippen molar-refractivity contribution >= 4 is 5.97 Å². The van der Waals surface area contributed by atoms with Crippen LogP contribution in [0, 0.1) is 0 Å². The molecule has 1 aromatic carbocycles. The molecular formula is C16H24FNO3. The summed E-state index contributed by atoms with van der Waals surface area (Å²) in [7, 11) is 1.56. The van der Waals surface area contributed by atoms with Crippen LogP contribution in [-0.4, -0.2) is 26.0 Å². The van der Waals surface area contributed by atoms with Gasteiger partial charge in [0.2, 0.25) is 6.36 Å². The van der Waals surface area contributed by atoms with E-state index in [1.807, 2.05) is 38.1 Å². The number of methoxy groups -OCH3 is 1. The molecule has 0 amide bonds. The first kappa shape index (κ1) is 17.4. The third-order valence-corrected chi connectivity index (χ3v) is 3.52. The van der Waals surface area contributed by atoms with Gasteiger partial charge in [-0.1, -0.05) is 32.0 Å². The fourth-order valence-electron chi connectivity index (χ4n) is 2.21. The monoisotopic (exact) mass is 297 g/mol. The number of ether oxygens (including phenoxy) is 2. The summed E-state index contributed by atoms with van der Waals surface area (Å²) < 4.78 is 23.5. The highest BCUT2D eigenvalue weighted by molar-refractivity contribution is 5.72. The predicted octanol–water partition coefficient (Wildman–Crippen LogP) is 2.94. The highest BCUT2D eigenvalue weighted by Gasteiger charge is 2.32. The van der Waals surface area contributed by atoms with Gasteiger partial charge in [-0.2, -0.15) is 0 Å². The molecule has 0 heterocycles. The third-order valence-electron chi connectivity index (χ3n) is 3.52. The van der Waals surface area contributed by atoms with Crippen molar-refractivity contribution < 1.29 is 18.7 Å². The Balaban J connectivity index is 2.87. The van der Waals surface area contributed by atoms with Gasteiger partial charge in [0.25, 0.3) is 0 Å². The molecule has 2 unspecified atom stereocenters. The van der Waals surface area contributed by atoms with Crippen molar-refractivity contribution in [1.29, 1.82) is 0 Å². The number of benzene rings is 1. The summed E-state index contributed by atoms with van der Waals surface area (Å²) in [6.45, 7) is 3.91. The Bertz CT molecular complexity index is 467. The molecule has 5 heteroatoms. The van der Waals surface area contributed by atoms with E-state index in [1.165, 1.54) is 0 Å². The van der Waals surface area contributed by atoms with Crippen molar-refractivity contribution in [3.8, 4) is 5.75 Å². The molecule has 0 aliphatic heterocycles. The van der Waals surface area contributed by atoms with Crippen LogP contribution >= 0.6 is 0 Å². The number of rotatable bonds is 8. The first-order valence-corrected chi connectivity index (χ1v) is 7.14. The lowest BCUT2D eigenvalue weighted by atomic mass is 9.79. The number of halogens is 1. The zero-order chi connectivity index (χ0) is 15.9. The normalized spacial score (nSPS) is 15.1. The maximum Gasteiger partial charge on any atom is 0.309 e. The highest BCUT2D eigenvalue weighted by atomic mass is 19.1. The summed E-state index contributed by atoms with van der Waals surface area (Å²) in [5.74, 6) is 0.0680. The molecule has 1 aromatic rings. The second-order valence-electron chi connectivity index (χ2n) is 5.33. The lowest BCUT2D eigenvalue weighted by molar-refractivity contribution is -0.159. The fourth-order valence-corrected chi connectivity index (χ4v) is 2.21. The number of esters is 1. The standard InChI is InChI=1S/C16H24FNO3/c1-4-7-14(17)21-15(19)10-16(2,11-18)12-8-5-6-9-13(12)20-3/h5-6,8-9,14H,4,7,10-11,18H2,1-3H3. The number of nitrogens with two attached hydrogens (primary N) is 1. The van der Waals surface area contributed by atoms with E-state index in [9.17, 15) is 9.18 Å². The topological polar surface area (TPSA) is 61.5 Å². The Morgan fingerprint density at radius 2 is 2.10 bits per heavy atom. The third kappa shape index (κ3) is 4.70. The molecule has 0 aliphatic rings. The molecule has 0 bridgehead atoms. The van der Waals surface area contributed by atoms with Crippen LogP contribution in [0.25, 0.3) is 0 Å². The van der Waals surface area contributed by atoms with Gasteiger partial charge in [0, 0.05) is 23.9 Å². The molecule has 0 saturated heterocycles. The second kappa shape index (κ2) is 7.98. The molecule has 0 saturated carbocycles. The molecule has 0 radical (unpaired) electrons. The van der Waals surface area contributed by atoms with Crippen LogP contribution in [0.3, 0.4) is 0 Å². The minimum absolute atomic E-state index is 0.00794. The van der Waals surface area contributed by atoms with E-state index in [1.54, 1.807) is 7.11 Å². The Morgan fingerprint density at radius 1 is 1.43 bits per heavy atom. The molecule has 1 rings (SSSR count). The minimum Gasteiger partial charge on any atom is -0.496 e. The van der Waals surface area contributed by atoms with Crippen LogP contribution < -0.4 is 10.5 Å². The first-order chi connectivity index (χ1) is 9.96. The van der Waals surface area contributed by atoms with Gasteiger partial charge in [0.15, 0.2) is 0 Å². The fraction of sp³-hybridized carbons (Fsp3) is 0.562. The zero-order valence-corrected chi connectivity index (χ0v) is 12.9. The Kier molecular flexibility index (Phi) is 6.62. The van der Waals surface area contributed by atoms with Crippen molar-refractivity contribution in [3.05, 3.63) is 29.8 Å².